The summed E-state index contributed by atoms with van der Waals surface area (Å²) in [5.41, 5.74) is 0. The number of nitrogens with zero attached hydrogens (tertiary/aromatic N) is 5. The van der Waals surface area contributed by atoms with Gasteiger partial charge in [-0.25, -0.2) is 4.68 Å². The maximum absolute atomic E-state index is 4.29. The molecule has 0 unspecified atom stereocenters. The summed E-state index contributed by atoms with van der Waals surface area (Å²) in [5.74, 6) is 1.52. The minimum atomic E-state index is 0.257. The summed E-state index contributed by atoms with van der Waals surface area (Å²) in [5, 5.41) is 10.1. The molecule has 2 heterocycles. The molecule has 0 aliphatic heterocycles. The molecule has 90 valence electrons. The van der Waals surface area contributed by atoms with Crippen LogP contribution in [0.2, 0.25) is 0 Å². The lowest BCUT2D eigenvalue weighted by Gasteiger charge is -2.10. The number of anilines is 2. The fraction of sp³-hybridized carbons (Fsp3) is 0.400. The van der Waals surface area contributed by atoms with E-state index >= 15 is 0 Å². The first-order chi connectivity index (χ1) is 8.19. The SMILES string of the molecule is CNc1nc(NC(C)C)nc(-n2cccn2)n1. The molecule has 2 rings (SSSR count). The fourth-order valence-corrected chi connectivity index (χ4v) is 1.29. The van der Waals surface area contributed by atoms with Gasteiger partial charge in [0.15, 0.2) is 0 Å². The Hall–Kier alpha value is -2.18. The number of hydrogen-bond acceptors (Lipinski definition) is 6. The number of aromatic nitrogens is 5. The zero-order valence-corrected chi connectivity index (χ0v) is 10.0. The van der Waals surface area contributed by atoms with Crippen LogP contribution in [0.15, 0.2) is 18.5 Å². The van der Waals surface area contributed by atoms with Crippen molar-refractivity contribution in [1.29, 1.82) is 0 Å². The second-order valence-electron chi connectivity index (χ2n) is 3.78. The van der Waals surface area contributed by atoms with Crippen molar-refractivity contribution in [2.75, 3.05) is 17.7 Å². The molecule has 0 saturated heterocycles. The van der Waals surface area contributed by atoms with Gasteiger partial charge < -0.3 is 10.6 Å². The fourth-order valence-electron chi connectivity index (χ4n) is 1.29. The van der Waals surface area contributed by atoms with Gasteiger partial charge in [0.1, 0.15) is 0 Å². The second-order valence-corrected chi connectivity index (χ2v) is 3.78. The Morgan fingerprint density at radius 1 is 1.18 bits per heavy atom. The standard InChI is InChI=1S/C10H15N7/c1-7(2)13-9-14-8(11-3)15-10(16-9)17-6-4-5-12-17/h4-7H,1-3H3,(H2,11,13,14,15,16). The molecule has 0 aliphatic carbocycles. The summed E-state index contributed by atoms with van der Waals surface area (Å²) < 4.78 is 1.59. The van der Waals surface area contributed by atoms with E-state index in [2.05, 4.69) is 30.7 Å². The highest BCUT2D eigenvalue weighted by Crippen LogP contribution is 2.08. The van der Waals surface area contributed by atoms with Crippen molar-refractivity contribution >= 4 is 11.9 Å². The first-order valence-electron chi connectivity index (χ1n) is 5.39. The minimum absolute atomic E-state index is 0.257. The molecule has 0 bridgehead atoms. The lowest BCUT2D eigenvalue weighted by molar-refractivity contribution is 0.788. The molecular formula is C10H15N7. The smallest absolute Gasteiger partial charge is 0.257 e. The maximum Gasteiger partial charge on any atom is 0.257 e. The van der Waals surface area contributed by atoms with E-state index in [0.29, 0.717) is 17.8 Å². The molecule has 7 heteroatoms. The average Bonchev–Trinajstić information content (AvgIpc) is 2.81. The van der Waals surface area contributed by atoms with Crippen LogP contribution in [0.3, 0.4) is 0 Å². The molecular weight excluding hydrogens is 218 g/mol. The molecule has 0 spiro atoms. The van der Waals surface area contributed by atoms with Gasteiger partial charge in [0, 0.05) is 25.5 Å². The van der Waals surface area contributed by atoms with Gasteiger partial charge in [-0.1, -0.05) is 0 Å². The van der Waals surface area contributed by atoms with Gasteiger partial charge in [-0.3, -0.25) is 0 Å². The highest BCUT2D eigenvalue weighted by Gasteiger charge is 2.07. The predicted molar refractivity (Wildman–Crippen MR) is 65.3 cm³/mol. The average molecular weight is 233 g/mol. The number of hydrogen-bond donors (Lipinski definition) is 2. The van der Waals surface area contributed by atoms with E-state index in [1.165, 1.54) is 0 Å². The number of nitrogens with one attached hydrogen (secondary N) is 2. The van der Waals surface area contributed by atoms with E-state index in [1.54, 1.807) is 24.1 Å². The van der Waals surface area contributed by atoms with Crippen LogP contribution in [-0.2, 0) is 0 Å². The Kier molecular flexibility index (Phi) is 3.17. The van der Waals surface area contributed by atoms with Gasteiger partial charge >= 0.3 is 0 Å². The van der Waals surface area contributed by atoms with E-state index in [9.17, 15) is 0 Å². The zero-order chi connectivity index (χ0) is 12.3. The van der Waals surface area contributed by atoms with Gasteiger partial charge in [-0.2, -0.15) is 20.1 Å². The first-order valence-corrected chi connectivity index (χ1v) is 5.39. The van der Waals surface area contributed by atoms with Crippen molar-refractivity contribution in [3.63, 3.8) is 0 Å². The summed E-state index contributed by atoms with van der Waals surface area (Å²) in [6.07, 6.45) is 3.46. The molecule has 0 aliphatic rings. The zero-order valence-electron chi connectivity index (χ0n) is 10.0. The molecule has 7 nitrogen and oxygen atoms in total. The Morgan fingerprint density at radius 2 is 1.94 bits per heavy atom. The first kappa shape index (κ1) is 11.3. The van der Waals surface area contributed by atoms with Gasteiger partial charge in [-0.05, 0) is 19.9 Å². The van der Waals surface area contributed by atoms with Crippen molar-refractivity contribution in [2.24, 2.45) is 0 Å². The third-order valence-corrected chi connectivity index (χ3v) is 1.97. The van der Waals surface area contributed by atoms with Crippen LogP contribution in [0.4, 0.5) is 11.9 Å². The molecule has 2 N–H and O–H groups in total. The predicted octanol–water partition coefficient (Wildman–Crippen LogP) is 0.919. The van der Waals surface area contributed by atoms with E-state index < -0.39 is 0 Å². The van der Waals surface area contributed by atoms with Crippen LogP contribution < -0.4 is 10.6 Å². The summed E-state index contributed by atoms with van der Waals surface area (Å²) in [7, 11) is 1.77. The Morgan fingerprint density at radius 3 is 2.53 bits per heavy atom. The molecule has 0 saturated carbocycles. The van der Waals surface area contributed by atoms with Crippen molar-refractivity contribution in [2.45, 2.75) is 19.9 Å². The lowest BCUT2D eigenvalue weighted by Crippen LogP contribution is -2.16. The summed E-state index contributed by atoms with van der Waals surface area (Å²) in [6, 6.07) is 2.07. The molecule has 0 aromatic carbocycles. The molecule has 0 amide bonds. The highest BCUT2D eigenvalue weighted by atomic mass is 15.4. The van der Waals surface area contributed by atoms with Crippen molar-refractivity contribution < 1.29 is 0 Å². The molecule has 2 aromatic rings. The number of rotatable bonds is 4. The molecule has 2 aromatic heterocycles. The Bertz CT molecular complexity index is 477. The topological polar surface area (TPSA) is 80.5 Å². The quantitative estimate of drug-likeness (QED) is 0.817. The second kappa shape index (κ2) is 4.77. The van der Waals surface area contributed by atoms with Gasteiger partial charge in [-0.15, -0.1) is 0 Å². The van der Waals surface area contributed by atoms with Gasteiger partial charge in [0.25, 0.3) is 5.95 Å². The molecule has 0 radical (unpaired) electrons. The molecule has 0 fully saturated rings. The van der Waals surface area contributed by atoms with Crippen molar-refractivity contribution in [1.82, 2.24) is 24.7 Å². The van der Waals surface area contributed by atoms with E-state index in [0.717, 1.165) is 0 Å². The third kappa shape index (κ3) is 2.68. The van der Waals surface area contributed by atoms with E-state index in [-0.39, 0.29) is 6.04 Å². The third-order valence-electron chi connectivity index (χ3n) is 1.97. The van der Waals surface area contributed by atoms with Crippen LogP contribution in [0.1, 0.15) is 13.8 Å². The Labute approximate surface area is 99.3 Å². The van der Waals surface area contributed by atoms with Crippen LogP contribution in [-0.4, -0.2) is 37.8 Å². The summed E-state index contributed by atoms with van der Waals surface area (Å²) in [4.78, 5) is 12.7. The maximum atomic E-state index is 4.29. The van der Waals surface area contributed by atoms with Crippen LogP contribution in [0, 0.1) is 0 Å². The lowest BCUT2D eigenvalue weighted by atomic mass is 10.4. The summed E-state index contributed by atoms with van der Waals surface area (Å²) >= 11 is 0. The minimum Gasteiger partial charge on any atom is -0.357 e. The van der Waals surface area contributed by atoms with Gasteiger partial charge in [0.05, 0.1) is 0 Å². The normalized spacial score (nSPS) is 10.6. The molecule has 0 atom stereocenters. The highest BCUT2D eigenvalue weighted by molar-refractivity contribution is 5.37. The van der Waals surface area contributed by atoms with E-state index in [1.807, 2.05) is 19.9 Å². The van der Waals surface area contributed by atoms with Crippen molar-refractivity contribution in [3.05, 3.63) is 18.5 Å². The summed E-state index contributed by atoms with van der Waals surface area (Å²) in [6.45, 7) is 4.05. The van der Waals surface area contributed by atoms with E-state index in [4.69, 9.17) is 0 Å². The van der Waals surface area contributed by atoms with Crippen molar-refractivity contribution in [3.8, 4) is 5.95 Å². The van der Waals surface area contributed by atoms with Gasteiger partial charge in [0.2, 0.25) is 11.9 Å². The molecule has 17 heavy (non-hydrogen) atoms. The monoisotopic (exact) mass is 233 g/mol. The van der Waals surface area contributed by atoms with Crippen LogP contribution >= 0.6 is 0 Å². The van der Waals surface area contributed by atoms with Crippen LogP contribution in [0.25, 0.3) is 5.95 Å². The largest absolute Gasteiger partial charge is 0.357 e. The van der Waals surface area contributed by atoms with Crippen LogP contribution in [0.5, 0.6) is 0 Å². The Balaban J connectivity index is 2.38.